The standard InChI is InChI=1S/C17H21ClN2O/c1-11-8-12-13(9-14(11)18)17(4-6-20-7-5-17)21-15(12)16(2,3)10-19/h8-9,15,20H,4-7H2,1-3H3/t15-/m0/s1. The van der Waals surface area contributed by atoms with Crippen molar-refractivity contribution in [2.45, 2.75) is 45.3 Å². The van der Waals surface area contributed by atoms with Crippen LogP contribution in [0.25, 0.3) is 0 Å². The van der Waals surface area contributed by atoms with Gasteiger partial charge in [0.1, 0.15) is 6.10 Å². The summed E-state index contributed by atoms with van der Waals surface area (Å²) in [5, 5.41) is 13.7. The Morgan fingerprint density at radius 3 is 2.67 bits per heavy atom. The van der Waals surface area contributed by atoms with Gasteiger partial charge >= 0.3 is 0 Å². The van der Waals surface area contributed by atoms with Gasteiger partial charge in [0.05, 0.1) is 17.1 Å². The van der Waals surface area contributed by atoms with Gasteiger partial charge in [0.2, 0.25) is 0 Å². The summed E-state index contributed by atoms with van der Waals surface area (Å²) in [6, 6.07) is 6.58. The largest absolute Gasteiger partial charge is 0.361 e. The zero-order valence-electron chi connectivity index (χ0n) is 12.8. The molecular formula is C17H21ClN2O. The summed E-state index contributed by atoms with van der Waals surface area (Å²) < 4.78 is 6.50. The number of halogens is 1. The van der Waals surface area contributed by atoms with Crippen molar-refractivity contribution < 1.29 is 4.74 Å². The van der Waals surface area contributed by atoms with Crippen LogP contribution in [0, 0.1) is 23.7 Å². The zero-order chi connectivity index (χ0) is 15.3. The Labute approximate surface area is 131 Å². The molecule has 1 atom stereocenters. The number of hydrogen-bond acceptors (Lipinski definition) is 3. The molecule has 2 heterocycles. The zero-order valence-corrected chi connectivity index (χ0v) is 13.5. The van der Waals surface area contributed by atoms with Gasteiger partial charge in [-0.2, -0.15) is 5.26 Å². The number of benzene rings is 1. The van der Waals surface area contributed by atoms with Crippen molar-refractivity contribution in [3.63, 3.8) is 0 Å². The Hall–Kier alpha value is -1.08. The number of piperidine rings is 1. The van der Waals surface area contributed by atoms with E-state index in [1.807, 2.05) is 20.8 Å². The van der Waals surface area contributed by atoms with Crippen molar-refractivity contribution in [2.75, 3.05) is 13.1 Å². The predicted molar refractivity (Wildman–Crippen MR) is 83.2 cm³/mol. The molecule has 0 radical (unpaired) electrons. The van der Waals surface area contributed by atoms with Crippen LogP contribution in [0.1, 0.15) is 49.5 Å². The maximum atomic E-state index is 9.52. The highest BCUT2D eigenvalue weighted by Gasteiger charge is 2.50. The Morgan fingerprint density at radius 2 is 2.05 bits per heavy atom. The van der Waals surface area contributed by atoms with E-state index in [4.69, 9.17) is 16.3 Å². The third kappa shape index (κ3) is 2.26. The third-order valence-corrected chi connectivity index (χ3v) is 5.21. The molecule has 4 heteroatoms. The summed E-state index contributed by atoms with van der Waals surface area (Å²) in [6.07, 6.45) is 1.67. The highest BCUT2D eigenvalue weighted by molar-refractivity contribution is 6.31. The van der Waals surface area contributed by atoms with Crippen LogP contribution in [-0.4, -0.2) is 13.1 Å². The average molecular weight is 305 g/mol. The monoisotopic (exact) mass is 304 g/mol. The summed E-state index contributed by atoms with van der Waals surface area (Å²) in [4.78, 5) is 0. The first kappa shape index (κ1) is 14.8. The van der Waals surface area contributed by atoms with Gasteiger partial charge < -0.3 is 10.1 Å². The van der Waals surface area contributed by atoms with Crippen molar-refractivity contribution in [1.29, 1.82) is 5.26 Å². The minimum absolute atomic E-state index is 0.188. The van der Waals surface area contributed by atoms with Crippen LogP contribution in [0.15, 0.2) is 12.1 Å². The topological polar surface area (TPSA) is 45.0 Å². The summed E-state index contributed by atoms with van der Waals surface area (Å²) in [5.41, 5.74) is 2.54. The molecule has 1 fully saturated rings. The molecule has 3 rings (SSSR count). The molecule has 2 aliphatic heterocycles. The molecule has 0 saturated carbocycles. The summed E-state index contributed by atoms with van der Waals surface area (Å²) >= 11 is 6.35. The van der Waals surface area contributed by atoms with E-state index >= 15 is 0 Å². The van der Waals surface area contributed by atoms with Crippen LogP contribution < -0.4 is 5.32 Å². The normalized spacial score (nSPS) is 23.9. The van der Waals surface area contributed by atoms with Gasteiger partial charge in [-0.25, -0.2) is 0 Å². The molecule has 0 aliphatic carbocycles. The molecule has 1 saturated heterocycles. The van der Waals surface area contributed by atoms with Gasteiger partial charge in [0.25, 0.3) is 0 Å². The molecule has 112 valence electrons. The lowest BCUT2D eigenvalue weighted by atomic mass is 9.80. The number of aryl methyl sites for hydroxylation is 1. The molecule has 2 aliphatic rings. The SMILES string of the molecule is Cc1cc2c(cc1Cl)C1(CCNCC1)O[C@@H]2C(C)(C)C#N. The highest BCUT2D eigenvalue weighted by atomic mass is 35.5. The minimum Gasteiger partial charge on any atom is -0.361 e. The molecule has 1 N–H and O–H groups in total. The molecule has 21 heavy (non-hydrogen) atoms. The number of ether oxygens (including phenoxy) is 1. The molecule has 1 aromatic carbocycles. The van der Waals surface area contributed by atoms with Gasteiger partial charge in [-0.1, -0.05) is 17.7 Å². The average Bonchev–Trinajstić information content (AvgIpc) is 2.76. The molecular weight excluding hydrogens is 284 g/mol. The van der Waals surface area contributed by atoms with Gasteiger partial charge in [-0.15, -0.1) is 0 Å². The van der Waals surface area contributed by atoms with Crippen LogP contribution in [0.4, 0.5) is 0 Å². The van der Waals surface area contributed by atoms with Crippen LogP contribution in [0.2, 0.25) is 5.02 Å². The highest BCUT2D eigenvalue weighted by Crippen LogP contribution is 2.54. The number of rotatable bonds is 1. The first-order valence-corrected chi connectivity index (χ1v) is 7.88. The number of hydrogen-bond donors (Lipinski definition) is 1. The number of fused-ring (bicyclic) bond motifs is 2. The second kappa shape index (κ2) is 4.98. The summed E-state index contributed by atoms with van der Waals surface area (Å²) in [7, 11) is 0. The van der Waals surface area contributed by atoms with Crippen molar-refractivity contribution in [1.82, 2.24) is 5.32 Å². The summed E-state index contributed by atoms with van der Waals surface area (Å²) in [6.45, 7) is 7.78. The Balaban J connectivity index is 2.15. The van der Waals surface area contributed by atoms with Crippen LogP contribution >= 0.6 is 11.6 Å². The minimum atomic E-state index is -0.552. The number of nitrogens with one attached hydrogen (secondary N) is 1. The van der Waals surface area contributed by atoms with Gasteiger partial charge in [0.15, 0.2) is 0 Å². The lowest BCUT2D eigenvalue weighted by Crippen LogP contribution is -2.40. The van der Waals surface area contributed by atoms with Crippen molar-refractivity contribution >= 4 is 11.6 Å². The van der Waals surface area contributed by atoms with E-state index in [1.54, 1.807) is 0 Å². The third-order valence-electron chi connectivity index (χ3n) is 4.80. The van der Waals surface area contributed by atoms with Gasteiger partial charge in [-0.05, 0) is 69.5 Å². The fraction of sp³-hybridized carbons (Fsp3) is 0.588. The Morgan fingerprint density at radius 1 is 1.38 bits per heavy atom. The van der Waals surface area contributed by atoms with E-state index in [1.165, 1.54) is 5.56 Å². The molecule has 0 aromatic heterocycles. The fourth-order valence-electron chi connectivity index (χ4n) is 3.48. The van der Waals surface area contributed by atoms with Crippen molar-refractivity contribution in [3.8, 4) is 6.07 Å². The van der Waals surface area contributed by atoms with Gasteiger partial charge in [-0.3, -0.25) is 0 Å². The lowest BCUT2D eigenvalue weighted by Gasteiger charge is -2.36. The molecule has 0 bridgehead atoms. The van der Waals surface area contributed by atoms with Crippen LogP contribution in [0.3, 0.4) is 0 Å². The lowest BCUT2D eigenvalue weighted by molar-refractivity contribution is -0.122. The predicted octanol–water partition coefficient (Wildman–Crippen LogP) is 3.85. The van der Waals surface area contributed by atoms with E-state index in [-0.39, 0.29) is 11.7 Å². The quantitative estimate of drug-likeness (QED) is 0.857. The van der Waals surface area contributed by atoms with Gasteiger partial charge in [0, 0.05) is 5.02 Å². The van der Waals surface area contributed by atoms with Crippen LogP contribution in [-0.2, 0) is 10.3 Å². The first-order chi connectivity index (χ1) is 9.89. The maximum absolute atomic E-state index is 9.52. The molecule has 3 nitrogen and oxygen atoms in total. The Kier molecular flexibility index (Phi) is 3.52. The number of nitriles is 1. The molecule has 0 amide bonds. The maximum Gasteiger partial charge on any atom is 0.102 e. The second-order valence-electron chi connectivity index (χ2n) is 6.76. The van der Waals surface area contributed by atoms with E-state index in [2.05, 4.69) is 23.5 Å². The molecule has 1 spiro atoms. The van der Waals surface area contributed by atoms with E-state index in [0.29, 0.717) is 0 Å². The van der Waals surface area contributed by atoms with Crippen molar-refractivity contribution in [3.05, 3.63) is 33.8 Å². The number of nitrogens with zero attached hydrogens (tertiary/aromatic N) is 1. The molecule has 0 unspecified atom stereocenters. The first-order valence-electron chi connectivity index (χ1n) is 7.50. The van der Waals surface area contributed by atoms with Crippen molar-refractivity contribution in [2.24, 2.45) is 5.41 Å². The molecule has 1 aromatic rings. The van der Waals surface area contributed by atoms with Crippen LogP contribution in [0.5, 0.6) is 0 Å². The second-order valence-corrected chi connectivity index (χ2v) is 7.17. The van der Waals surface area contributed by atoms with E-state index in [0.717, 1.165) is 42.1 Å². The fourth-order valence-corrected chi connectivity index (χ4v) is 3.64. The van der Waals surface area contributed by atoms with E-state index in [9.17, 15) is 5.26 Å². The smallest absolute Gasteiger partial charge is 0.102 e. The summed E-state index contributed by atoms with van der Waals surface area (Å²) in [5.74, 6) is 0. The Bertz CT molecular complexity index is 612. The van der Waals surface area contributed by atoms with E-state index < -0.39 is 5.41 Å².